The maximum Gasteiger partial charge on any atom is 0.331 e. The minimum absolute atomic E-state index is 0.0504. The number of aliphatic hydroxyl groups excluding tert-OH is 1. The fourth-order valence-corrected chi connectivity index (χ4v) is 8.34. The Kier molecular flexibility index (Phi) is 4.18. The third-order valence-electron chi connectivity index (χ3n) is 9.85. The summed E-state index contributed by atoms with van der Waals surface area (Å²) < 4.78 is 5.15. The highest BCUT2D eigenvalue weighted by Crippen LogP contribution is 2.70. The smallest absolute Gasteiger partial charge is 0.331 e. The first-order valence-electron chi connectivity index (χ1n) is 11.2. The van der Waals surface area contributed by atoms with Crippen molar-refractivity contribution in [1.82, 2.24) is 0 Å². The van der Waals surface area contributed by atoms with Crippen LogP contribution in [-0.2, 0) is 14.3 Å². The second kappa shape index (κ2) is 6.14. The molecule has 0 saturated heterocycles. The van der Waals surface area contributed by atoms with Crippen molar-refractivity contribution in [3.8, 4) is 0 Å². The maximum absolute atomic E-state index is 12.5. The van der Waals surface area contributed by atoms with Crippen LogP contribution < -0.4 is 0 Å². The molecule has 3 N–H and O–H groups in total. The van der Waals surface area contributed by atoms with Gasteiger partial charge in [0.05, 0.1) is 22.7 Å². The number of rotatable bonds is 2. The van der Waals surface area contributed by atoms with Crippen molar-refractivity contribution >= 4 is 12.3 Å². The summed E-state index contributed by atoms with van der Waals surface area (Å²) >= 11 is 0. The van der Waals surface area contributed by atoms with Gasteiger partial charge in [-0.2, -0.15) is 0 Å². The maximum atomic E-state index is 12.5. The van der Waals surface area contributed by atoms with Gasteiger partial charge in [0, 0.05) is 17.9 Å². The zero-order valence-electron chi connectivity index (χ0n) is 17.1. The number of fused-ring (bicyclic) bond motifs is 5. The van der Waals surface area contributed by atoms with Gasteiger partial charge in [0.15, 0.2) is 0 Å². The zero-order chi connectivity index (χ0) is 20.7. The Labute approximate surface area is 171 Å². The fourth-order valence-electron chi connectivity index (χ4n) is 8.34. The van der Waals surface area contributed by atoms with Gasteiger partial charge < -0.3 is 24.9 Å². The topological polar surface area (TPSA) is 104 Å². The van der Waals surface area contributed by atoms with Crippen LogP contribution in [0.15, 0.2) is 11.6 Å². The minimum atomic E-state index is -1.18. The van der Waals surface area contributed by atoms with E-state index in [9.17, 15) is 24.9 Å². The molecule has 1 heterocycles. The molecule has 0 aromatic rings. The molecule has 160 valence electrons. The molecule has 5 rings (SSSR count). The monoisotopic (exact) mass is 404 g/mol. The van der Waals surface area contributed by atoms with Gasteiger partial charge in [-0.15, -0.1) is 0 Å². The quantitative estimate of drug-likeness (QED) is 0.480. The largest absolute Gasteiger partial charge is 0.458 e. The number of aliphatic hydroxyl groups is 3. The molecule has 0 radical (unpaired) electrons. The molecular formula is C23H32O6. The van der Waals surface area contributed by atoms with Crippen molar-refractivity contribution in [3.63, 3.8) is 0 Å². The van der Waals surface area contributed by atoms with Crippen molar-refractivity contribution in [2.75, 3.05) is 6.61 Å². The summed E-state index contributed by atoms with van der Waals surface area (Å²) in [5.74, 6) is -0.304. The molecule has 0 aromatic heterocycles. The van der Waals surface area contributed by atoms with Gasteiger partial charge in [-0.3, -0.25) is 0 Å². The zero-order valence-corrected chi connectivity index (χ0v) is 17.1. The third-order valence-corrected chi connectivity index (χ3v) is 9.85. The van der Waals surface area contributed by atoms with Crippen molar-refractivity contribution < 1.29 is 29.6 Å². The van der Waals surface area contributed by atoms with Crippen LogP contribution in [0.25, 0.3) is 0 Å². The van der Waals surface area contributed by atoms with E-state index in [1.807, 2.05) is 0 Å². The summed E-state index contributed by atoms with van der Waals surface area (Å²) in [6, 6.07) is 0. The van der Waals surface area contributed by atoms with E-state index in [4.69, 9.17) is 4.74 Å². The van der Waals surface area contributed by atoms with Gasteiger partial charge in [0.25, 0.3) is 0 Å². The van der Waals surface area contributed by atoms with Gasteiger partial charge >= 0.3 is 5.97 Å². The molecule has 0 bridgehead atoms. The van der Waals surface area contributed by atoms with Crippen LogP contribution in [0.3, 0.4) is 0 Å². The molecule has 0 amide bonds. The molecule has 0 aromatic carbocycles. The Balaban J connectivity index is 1.52. The number of carbonyl (C=O) groups excluding carboxylic acids is 2. The van der Waals surface area contributed by atoms with Crippen LogP contribution in [0, 0.1) is 28.6 Å². The summed E-state index contributed by atoms with van der Waals surface area (Å²) in [6.45, 7) is 2.46. The lowest BCUT2D eigenvalue weighted by Crippen LogP contribution is -2.68. The Morgan fingerprint density at radius 2 is 1.83 bits per heavy atom. The van der Waals surface area contributed by atoms with Crippen LogP contribution in [0.1, 0.15) is 64.7 Å². The SMILES string of the molecule is C[C@]12CC[C@H]3[C@H](CC[C@]4(O)C[C@H](O)CC[C@]34C=O)[C@@]1(O)CC[C@@H]2C1=CC(=O)OC1. The standard InChI is InChI=1S/C23H32O6/c1-20-6-3-17-18(4-8-22(27)11-15(25)2-7-21(17,22)13-24)23(20,28)9-5-16(20)14-10-19(26)29-12-14/h10,13,15-18,25,27-28H,2-9,11-12H2,1H3/t15-,16-,17+,18+,20-,21+,22+,23+/m1/s1. The molecule has 4 saturated carbocycles. The van der Waals surface area contributed by atoms with E-state index in [2.05, 4.69) is 6.92 Å². The molecule has 0 unspecified atom stereocenters. The lowest BCUT2D eigenvalue weighted by Gasteiger charge is -2.65. The van der Waals surface area contributed by atoms with Crippen molar-refractivity contribution in [2.24, 2.45) is 28.6 Å². The van der Waals surface area contributed by atoms with Crippen molar-refractivity contribution in [1.29, 1.82) is 0 Å². The van der Waals surface area contributed by atoms with Gasteiger partial charge in [-0.05, 0) is 74.7 Å². The van der Waals surface area contributed by atoms with Crippen molar-refractivity contribution in [3.05, 3.63) is 11.6 Å². The van der Waals surface area contributed by atoms with E-state index >= 15 is 0 Å². The van der Waals surface area contributed by atoms with Gasteiger partial charge in [-0.1, -0.05) is 6.92 Å². The Morgan fingerprint density at radius 1 is 1.07 bits per heavy atom. The predicted molar refractivity (Wildman–Crippen MR) is 104 cm³/mol. The van der Waals surface area contributed by atoms with E-state index in [-0.39, 0.29) is 35.6 Å². The minimum Gasteiger partial charge on any atom is -0.458 e. The van der Waals surface area contributed by atoms with Crippen LogP contribution in [0.2, 0.25) is 0 Å². The van der Waals surface area contributed by atoms with Gasteiger partial charge in [-0.25, -0.2) is 4.79 Å². The molecule has 4 aliphatic carbocycles. The summed E-state index contributed by atoms with van der Waals surface area (Å²) in [7, 11) is 0. The van der Waals surface area contributed by atoms with E-state index in [0.29, 0.717) is 38.7 Å². The number of hydrogen-bond donors (Lipinski definition) is 3. The molecule has 1 aliphatic heterocycles. The first-order chi connectivity index (χ1) is 13.7. The van der Waals surface area contributed by atoms with Crippen LogP contribution >= 0.6 is 0 Å². The average Bonchev–Trinajstić information content (AvgIpc) is 3.21. The number of esters is 1. The highest BCUT2D eigenvalue weighted by molar-refractivity contribution is 5.85. The fraction of sp³-hybridized carbons (Fsp3) is 0.826. The van der Waals surface area contributed by atoms with Gasteiger partial charge in [0.2, 0.25) is 0 Å². The van der Waals surface area contributed by atoms with E-state index in [1.54, 1.807) is 6.08 Å². The molecule has 4 fully saturated rings. The van der Waals surface area contributed by atoms with E-state index in [0.717, 1.165) is 31.1 Å². The van der Waals surface area contributed by atoms with Crippen molar-refractivity contribution in [2.45, 2.75) is 82.0 Å². The molecule has 0 spiro atoms. The molecule has 6 nitrogen and oxygen atoms in total. The Bertz CT molecular complexity index is 777. The lowest BCUT2D eigenvalue weighted by molar-refractivity contribution is -0.248. The van der Waals surface area contributed by atoms with E-state index < -0.39 is 22.7 Å². The highest BCUT2D eigenvalue weighted by atomic mass is 16.5. The summed E-state index contributed by atoms with van der Waals surface area (Å²) in [6.07, 6.45) is 7.36. The van der Waals surface area contributed by atoms with Gasteiger partial charge in [0.1, 0.15) is 12.9 Å². The Morgan fingerprint density at radius 3 is 2.52 bits per heavy atom. The molecule has 6 heteroatoms. The van der Waals surface area contributed by atoms with Crippen LogP contribution in [0.4, 0.5) is 0 Å². The molecule has 5 aliphatic rings. The second-order valence-corrected chi connectivity index (χ2v) is 10.6. The first-order valence-corrected chi connectivity index (χ1v) is 11.2. The first kappa shape index (κ1) is 19.7. The lowest BCUT2D eigenvalue weighted by atomic mass is 9.41. The summed E-state index contributed by atoms with van der Waals surface area (Å²) in [5, 5.41) is 33.7. The average molecular weight is 405 g/mol. The highest BCUT2D eigenvalue weighted by Gasteiger charge is 2.71. The number of ether oxygens (including phenoxy) is 1. The predicted octanol–water partition coefficient (Wildman–Crippen LogP) is 1.90. The number of cyclic esters (lactones) is 1. The normalized spacial score (nSPS) is 54.1. The van der Waals surface area contributed by atoms with E-state index in [1.165, 1.54) is 0 Å². The molecule has 29 heavy (non-hydrogen) atoms. The molecular weight excluding hydrogens is 372 g/mol. The second-order valence-electron chi connectivity index (χ2n) is 10.6. The number of aldehydes is 1. The van der Waals surface area contributed by atoms with Crippen LogP contribution in [0.5, 0.6) is 0 Å². The summed E-state index contributed by atoms with van der Waals surface area (Å²) in [5.41, 5.74) is -2.34. The third kappa shape index (κ3) is 2.34. The number of hydrogen-bond acceptors (Lipinski definition) is 6. The number of carbonyl (C=O) groups is 2. The summed E-state index contributed by atoms with van der Waals surface area (Å²) in [4.78, 5) is 24.1. The van der Waals surface area contributed by atoms with Crippen LogP contribution in [-0.4, -0.2) is 51.5 Å². The Hall–Kier alpha value is -1.24. The molecule has 8 atom stereocenters.